The monoisotopic (exact) mass is 1510 g/mol. The van der Waals surface area contributed by atoms with Crippen molar-refractivity contribution in [2.24, 2.45) is 20.5 Å². The van der Waals surface area contributed by atoms with Gasteiger partial charge in [0.25, 0.3) is 11.6 Å². The number of aromatic nitrogens is 3. The van der Waals surface area contributed by atoms with Gasteiger partial charge in [-0.1, -0.05) is 23.4 Å². The molecule has 10 rings (SSSR count). The number of aliphatic hydroxyl groups is 3. The maximum Gasteiger partial charge on any atom is 0.336 e. The number of aliphatic hydroxyl groups excluding tert-OH is 3. The fourth-order valence-corrected chi connectivity index (χ4v) is 12.3. The lowest BCUT2D eigenvalue weighted by molar-refractivity contribution is -0.384. The van der Waals surface area contributed by atoms with Gasteiger partial charge in [-0.15, -0.1) is 15.3 Å². The molecule has 31 heteroatoms. The van der Waals surface area contributed by atoms with Gasteiger partial charge in [0.2, 0.25) is 23.5 Å². The van der Waals surface area contributed by atoms with E-state index in [0.29, 0.717) is 144 Å². The first-order chi connectivity index (χ1) is 52.9. The Morgan fingerprint density at radius 2 is 1.40 bits per heavy atom. The van der Waals surface area contributed by atoms with Crippen LogP contribution in [0, 0.1) is 10.1 Å². The Labute approximate surface area is 635 Å². The van der Waals surface area contributed by atoms with Gasteiger partial charge in [-0.05, 0) is 156 Å². The molecule has 3 aliphatic rings. The third kappa shape index (κ3) is 21.6. The van der Waals surface area contributed by atoms with Crippen molar-refractivity contribution in [3.8, 4) is 39.7 Å². The number of hydrogen-bond acceptors (Lipinski definition) is 24. The van der Waals surface area contributed by atoms with Crippen molar-refractivity contribution in [2.75, 3.05) is 106 Å². The molecule has 3 amide bonds. The highest BCUT2D eigenvalue weighted by Gasteiger charge is 2.45. The average molecular weight is 1510 g/mol. The molecular weight excluding hydrogens is 1410 g/mol. The number of carbonyl (C=O) groups excluding carboxylic acids is 3. The third-order valence-corrected chi connectivity index (χ3v) is 18.6. The van der Waals surface area contributed by atoms with Crippen LogP contribution < -0.4 is 49.9 Å². The molecule has 110 heavy (non-hydrogen) atoms. The number of aryl methyl sites for hydroxylation is 1. The number of nitrogens with one attached hydrogen (secondary N) is 3. The summed E-state index contributed by atoms with van der Waals surface area (Å²) in [5, 5.41) is 90.3. The van der Waals surface area contributed by atoms with Crippen LogP contribution in [0.2, 0.25) is 0 Å². The average Bonchev–Trinajstić information content (AvgIpc) is 0.952. The van der Waals surface area contributed by atoms with E-state index in [-0.39, 0.29) is 42.5 Å². The van der Waals surface area contributed by atoms with Crippen LogP contribution in [0.3, 0.4) is 0 Å². The quantitative estimate of drug-likeness (QED) is 0.00475. The number of aromatic carboxylic acids is 1. The van der Waals surface area contributed by atoms with Gasteiger partial charge in [-0.3, -0.25) is 29.2 Å². The first-order valence-electron chi connectivity index (χ1n) is 36.1. The number of nitro benzene ring substituents is 1. The Balaban J connectivity index is 0.628. The van der Waals surface area contributed by atoms with Crippen LogP contribution in [0.1, 0.15) is 76.9 Å². The number of azo groups is 2. The summed E-state index contributed by atoms with van der Waals surface area (Å²) in [5.74, 6) is -0.746. The molecule has 1 aliphatic carbocycles. The topological polar surface area (TPSA) is 381 Å². The van der Waals surface area contributed by atoms with E-state index < -0.39 is 59.5 Å². The van der Waals surface area contributed by atoms with Crippen molar-refractivity contribution in [3.05, 3.63) is 184 Å². The minimum absolute atomic E-state index is 0.0219. The zero-order valence-electron chi connectivity index (χ0n) is 63.0. The number of unbranched alkanes of at least 4 members (excludes halogenated alkanes) is 2. The van der Waals surface area contributed by atoms with Crippen molar-refractivity contribution in [1.29, 1.82) is 0 Å². The van der Waals surface area contributed by atoms with Crippen molar-refractivity contribution in [1.82, 2.24) is 40.4 Å². The summed E-state index contributed by atoms with van der Waals surface area (Å²) in [6, 6.07) is 38.5. The first kappa shape index (κ1) is 80.9. The van der Waals surface area contributed by atoms with Crippen molar-refractivity contribution in [3.63, 3.8) is 0 Å². The zero-order valence-corrected chi connectivity index (χ0v) is 63.0. The van der Waals surface area contributed by atoms with Crippen LogP contribution in [0.25, 0.3) is 33.4 Å². The van der Waals surface area contributed by atoms with Crippen molar-refractivity contribution < 1.29 is 72.6 Å². The number of benzene rings is 7. The summed E-state index contributed by atoms with van der Waals surface area (Å²) in [6.07, 6.45) is -0.897. The first-order valence-corrected chi connectivity index (χ1v) is 36.1. The van der Waals surface area contributed by atoms with Gasteiger partial charge < -0.3 is 79.2 Å². The van der Waals surface area contributed by atoms with E-state index >= 15 is 0 Å². The highest BCUT2D eigenvalue weighted by Crippen LogP contribution is 2.44. The van der Waals surface area contributed by atoms with Crippen molar-refractivity contribution in [2.45, 2.75) is 101 Å². The van der Waals surface area contributed by atoms with Crippen LogP contribution in [0.5, 0.6) is 17.2 Å². The predicted octanol–water partition coefficient (Wildman–Crippen LogP) is 9.75. The number of rotatable bonds is 37. The lowest BCUT2D eigenvalue weighted by atomic mass is 9.89. The minimum Gasteiger partial charge on any atom is -0.494 e. The fraction of sp³-hybridized carbons (Fsp3) is 0.380. The molecule has 1 aromatic heterocycles. The van der Waals surface area contributed by atoms with E-state index in [2.05, 4.69) is 46.7 Å². The number of nitro groups is 1. The second kappa shape index (κ2) is 38.5. The lowest BCUT2D eigenvalue weighted by Gasteiger charge is -2.40. The van der Waals surface area contributed by atoms with Gasteiger partial charge in [-0.2, -0.15) is 10.2 Å². The second-order valence-electron chi connectivity index (χ2n) is 27.3. The van der Waals surface area contributed by atoms with Gasteiger partial charge in [0.05, 0.1) is 61.5 Å². The second-order valence-corrected chi connectivity index (χ2v) is 27.3. The molecule has 0 radical (unpaired) electrons. The standard InChI is InChI=1S/C79H93N15O16/c1-89(2)37-11-10-15-63(82-76(99)50-19-32-59(62(41-50)78(101)102)72-60-33-28-56(90(3)4)42-66(60)109-67-43-57(91(5)6)29-34-61(67)72)77(100)81-46-53-47-93(88-85-53)39-12-13-40-107-48-70-73(96)74(97)75(98)79(110-70)108-58-30-17-49(18-31-58)35-36-80-71(95)16-14-38-92(7)54-24-20-51(21-25-54)83-86-64-44-69(106-9)65(45-68(64)105-8)87-84-52-22-26-55(27-23-52)94(103)104/h17-34,41-45,47,63,70,73-75,79,96-98H,10-16,35-40,46,48H2,1-9H3,(H3-,80,81,82,95,99,100,101,102)/p+1/t63-,70+,73+,74-,75+,79+/m0/s1. The number of carboxylic acids is 1. The number of ether oxygens (including phenoxy) is 5. The summed E-state index contributed by atoms with van der Waals surface area (Å²) in [4.78, 5) is 70.6. The maximum absolute atomic E-state index is 14.1. The Bertz CT molecular complexity index is 4760. The molecule has 31 nitrogen and oxygen atoms in total. The van der Waals surface area contributed by atoms with Crippen LogP contribution in [-0.4, -0.2) is 202 Å². The van der Waals surface area contributed by atoms with Crippen LogP contribution in [0.15, 0.2) is 171 Å². The molecule has 2 aliphatic heterocycles. The predicted molar refractivity (Wildman–Crippen MR) is 413 cm³/mol. The number of amides is 3. The van der Waals surface area contributed by atoms with Gasteiger partial charge >= 0.3 is 5.97 Å². The van der Waals surface area contributed by atoms with E-state index in [1.807, 2.05) is 141 Å². The molecule has 0 unspecified atom stereocenters. The van der Waals surface area contributed by atoms with Crippen LogP contribution >= 0.6 is 0 Å². The molecule has 0 saturated carbocycles. The number of fused-ring (bicyclic) bond motifs is 2. The SMILES string of the molecule is COc1cc(N=Nc2ccc([N+](=O)[O-])cc2)c(OC)cc1N=Nc1ccc(N(C)CCCC(=O)NCCc2ccc(O[C@@H]3O[C@H](COCCCCn4cc(CNC(=O)[C@H](CCCCN(C)C)NC(=O)c5ccc(-c6c7ccc(=[N+](C)C)cc-7oc7cc(N(C)C)ccc67)c(C(=O)O)c5)nn4)[C@@H](O)[C@H](O)[C@H]3O)cc2)cc1. The molecule has 0 bridgehead atoms. The summed E-state index contributed by atoms with van der Waals surface area (Å²) in [7, 11) is 16.5. The van der Waals surface area contributed by atoms with E-state index in [1.54, 1.807) is 47.3 Å². The molecule has 7 N–H and O–H groups in total. The molecule has 1 saturated heterocycles. The summed E-state index contributed by atoms with van der Waals surface area (Å²) < 4.78 is 38.9. The third-order valence-electron chi connectivity index (χ3n) is 18.6. The van der Waals surface area contributed by atoms with Gasteiger partial charge in [0.15, 0.2) is 0 Å². The number of carbonyl (C=O) groups is 4. The normalized spacial score (nSPS) is 16.0. The maximum atomic E-state index is 14.1. The summed E-state index contributed by atoms with van der Waals surface area (Å²) in [6.45, 7) is 2.43. The van der Waals surface area contributed by atoms with E-state index in [4.69, 9.17) is 28.1 Å². The number of methoxy groups -OCH3 is 2. The molecule has 1 fully saturated rings. The highest BCUT2D eigenvalue weighted by molar-refractivity contribution is 6.09. The highest BCUT2D eigenvalue weighted by atomic mass is 16.7. The molecular formula is C79H94N15O16+. The molecule has 7 aromatic rings. The number of nitrogens with zero attached hydrogens (tertiary/aromatic N) is 12. The number of hydrogen-bond donors (Lipinski definition) is 7. The minimum atomic E-state index is -1.58. The molecule has 3 heterocycles. The van der Waals surface area contributed by atoms with Gasteiger partial charge in [0, 0.05) is 124 Å². The van der Waals surface area contributed by atoms with Gasteiger partial charge in [-0.25, -0.2) is 9.37 Å². The molecule has 6 atom stereocenters. The van der Waals surface area contributed by atoms with Crippen molar-refractivity contribution >= 4 is 74.5 Å². The fourth-order valence-electron chi connectivity index (χ4n) is 12.3. The van der Waals surface area contributed by atoms with Gasteiger partial charge in [0.1, 0.15) is 90.2 Å². The molecule has 0 spiro atoms. The Morgan fingerprint density at radius 1 is 0.718 bits per heavy atom. The molecule has 580 valence electrons. The largest absolute Gasteiger partial charge is 0.494 e. The number of non-ortho nitro benzene ring substituents is 1. The molecule has 6 aromatic carbocycles. The number of anilines is 2. The van der Waals surface area contributed by atoms with Crippen LogP contribution in [-0.2, 0) is 38.6 Å². The Hall–Kier alpha value is -11.6. The van der Waals surface area contributed by atoms with E-state index in [9.17, 15) is 49.7 Å². The zero-order chi connectivity index (χ0) is 78.5. The van der Waals surface area contributed by atoms with E-state index in [1.165, 1.54) is 44.6 Å². The summed E-state index contributed by atoms with van der Waals surface area (Å²) >= 11 is 0. The smallest absolute Gasteiger partial charge is 0.336 e. The van der Waals surface area contributed by atoms with E-state index in [0.717, 1.165) is 35.3 Å². The number of carboxylic acid groups (broad SMARTS) is 1. The Morgan fingerprint density at radius 3 is 2.05 bits per heavy atom. The van der Waals surface area contributed by atoms with Crippen LogP contribution in [0.4, 0.5) is 39.8 Å². The lowest BCUT2D eigenvalue weighted by Crippen LogP contribution is -2.60. The summed E-state index contributed by atoms with van der Waals surface area (Å²) in [5.41, 5.74) is 7.14. The Kier molecular flexibility index (Phi) is 28.3.